The first-order chi connectivity index (χ1) is 20.4. The lowest BCUT2D eigenvalue weighted by molar-refractivity contribution is -0.254. The number of carbonyl (C=O) groups is 5. The van der Waals surface area contributed by atoms with Gasteiger partial charge in [-0.1, -0.05) is 33.4 Å². The SMILES string of the molecule is C=C1/C=C\[C@@H](OC(C)=O)[C@@]2(C)[C@@H](OC(C)=O)C[C@@H](OC(=O)CC(C)C)[C@]3(CO3)[C@@H]2[C@@H](OC(C)=O)[C@]2(O)[C@@H](C)C(=O)O[C@H]2[C@H]1Cl. The van der Waals surface area contributed by atoms with Gasteiger partial charge in [0.15, 0.2) is 11.7 Å². The first-order valence-electron chi connectivity index (χ1n) is 14.7. The smallest absolute Gasteiger partial charge is 0.312 e. The molecule has 0 aromatic rings. The minimum absolute atomic E-state index is 0.0190. The second kappa shape index (κ2) is 12.1. The Hall–Kier alpha value is -2.96. The number of aliphatic hydroxyl groups is 1. The topological polar surface area (TPSA) is 164 Å². The van der Waals surface area contributed by atoms with Gasteiger partial charge in [0.25, 0.3) is 0 Å². The van der Waals surface area contributed by atoms with E-state index in [4.69, 9.17) is 40.0 Å². The van der Waals surface area contributed by atoms with E-state index in [0.29, 0.717) is 0 Å². The molecule has 2 aliphatic heterocycles. The molecule has 11 atom stereocenters. The summed E-state index contributed by atoms with van der Waals surface area (Å²) >= 11 is 6.78. The molecule has 3 fully saturated rings. The van der Waals surface area contributed by atoms with Crippen molar-refractivity contribution < 1.29 is 57.5 Å². The average Bonchev–Trinajstić information content (AvgIpc) is 3.65. The van der Waals surface area contributed by atoms with Crippen LogP contribution in [0.15, 0.2) is 24.3 Å². The molecular formula is C31H41ClO12. The van der Waals surface area contributed by atoms with Gasteiger partial charge in [-0.3, -0.25) is 24.0 Å². The molecule has 1 N–H and O–H groups in total. The highest BCUT2D eigenvalue weighted by atomic mass is 35.5. The molecule has 0 bridgehead atoms. The van der Waals surface area contributed by atoms with E-state index < -0.39 is 94.2 Å². The molecule has 0 radical (unpaired) electrons. The molecule has 4 rings (SSSR count). The van der Waals surface area contributed by atoms with Crippen LogP contribution in [-0.2, 0) is 52.4 Å². The van der Waals surface area contributed by atoms with Crippen LogP contribution < -0.4 is 0 Å². The number of esters is 5. The van der Waals surface area contributed by atoms with E-state index in [0.717, 1.165) is 6.92 Å². The van der Waals surface area contributed by atoms with Crippen molar-refractivity contribution >= 4 is 41.4 Å². The molecule has 244 valence electrons. The number of rotatable bonds is 6. The van der Waals surface area contributed by atoms with E-state index in [1.807, 2.05) is 13.8 Å². The van der Waals surface area contributed by atoms with E-state index in [2.05, 4.69) is 6.58 Å². The molecule has 12 nitrogen and oxygen atoms in total. The number of allylic oxidation sites excluding steroid dienone is 1. The predicted octanol–water partition coefficient (Wildman–Crippen LogP) is 2.56. The molecule has 0 aromatic carbocycles. The number of hydrogen-bond donors (Lipinski definition) is 1. The van der Waals surface area contributed by atoms with Gasteiger partial charge >= 0.3 is 29.8 Å². The summed E-state index contributed by atoms with van der Waals surface area (Å²) in [5, 5.41) is 11.5. The maximum absolute atomic E-state index is 13.1. The van der Waals surface area contributed by atoms with Gasteiger partial charge < -0.3 is 33.5 Å². The van der Waals surface area contributed by atoms with Crippen LogP contribution in [-0.4, -0.2) is 88.7 Å². The molecule has 2 saturated heterocycles. The summed E-state index contributed by atoms with van der Waals surface area (Å²) in [5.74, 6) is -6.06. The minimum Gasteiger partial charge on any atom is -0.462 e. The van der Waals surface area contributed by atoms with Crippen molar-refractivity contribution in [1.82, 2.24) is 0 Å². The lowest BCUT2D eigenvalue weighted by atomic mass is 9.52. The van der Waals surface area contributed by atoms with E-state index in [-0.39, 0.29) is 30.9 Å². The third-order valence-electron chi connectivity index (χ3n) is 9.31. The fraction of sp³-hybridized carbons (Fsp3) is 0.710. The fourth-order valence-electron chi connectivity index (χ4n) is 7.15. The molecule has 2 heterocycles. The monoisotopic (exact) mass is 640 g/mol. The average molecular weight is 641 g/mol. The second-order valence-corrected chi connectivity index (χ2v) is 13.3. The Morgan fingerprint density at radius 1 is 1.07 bits per heavy atom. The van der Waals surface area contributed by atoms with E-state index >= 15 is 0 Å². The zero-order valence-corrected chi connectivity index (χ0v) is 26.8. The maximum atomic E-state index is 13.1. The highest BCUT2D eigenvalue weighted by Crippen LogP contribution is 2.63. The summed E-state index contributed by atoms with van der Waals surface area (Å²) in [4.78, 5) is 64.0. The highest BCUT2D eigenvalue weighted by molar-refractivity contribution is 6.23. The first-order valence-corrected chi connectivity index (χ1v) is 15.1. The summed E-state index contributed by atoms with van der Waals surface area (Å²) in [5.41, 5.74) is -5.03. The largest absolute Gasteiger partial charge is 0.462 e. The Balaban J connectivity index is 2.06. The number of halogens is 1. The Bertz CT molecular complexity index is 1260. The van der Waals surface area contributed by atoms with Crippen LogP contribution >= 0.6 is 11.6 Å². The third kappa shape index (κ3) is 5.76. The first kappa shape index (κ1) is 33.9. The van der Waals surface area contributed by atoms with E-state index in [1.165, 1.54) is 32.9 Å². The maximum Gasteiger partial charge on any atom is 0.312 e. The van der Waals surface area contributed by atoms with Gasteiger partial charge in [0, 0.05) is 39.5 Å². The van der Waals surface area contributed by atoms with Crippen LogP contribution in [0.1, 0.15) is 61.3 Å². The van der Waals surface area contributed by atoms with Crippen LogP contribution in [0.2, 0.25) is 0 Å². The standard InChI is InChI=1S/C31H41ClO12/c1-14(2)11-23(36)43-22-12-21(41-18(6)34)29(8)20(40-17(5)33)10-9-15(3)24(32)26-31(38,16(4)28(37)44-26)27(42-19(7)35)25(29)30(22)13-39-30/h9-10,14,16,20-22,24-27,38H,3,11-13H2,1-2,4-8H3/b10-9-/t16-,20+,21-,22+,24-,25+,26-,27+,29-,30+,31-/m0/s1. The summed E-state index contributed by atoms with van der Waals surface area (Å²) < 4.78 is 35.4. The molecule has 0 aromatic heterocycles. The van der Waals surface area contributed by atoms with Crippen molar-refractivity contribution in [3.63, 3.8) is 0 Å². The fourth-order valence-corrected chi connectivity index (χ4v) is 7.47. The van der Waals surface area contributed by atoms with E-state index in [1.54, 1.807) is 6.92 Å². The van der Waals surface area contributed by atoms with Gasteiger partial charge in [-0.25, -0.2) is 0 Å². The normalized spacial score (nSPS) is 42.0. The summed E-state index contributed by atoms with van der Waals surface area (Å²) in [6.45, 7) is 14.3. The number of epoxide rings is 1. The zero-order chi connectivity index (χ0) is 32.9. The van der Waals surface area contributed by atoms with Crippen molar-refractivity contribution in [2.24, 2.45) is 23.2 Å². The lowest BCUT2D eigenvalue weighted by Crippen LogP contribution is -2.72. The highest BCUT2D eigenvalue weighted by Gasteiger charge is 2.78. The third-order valence-corrected chi connectivity index (χ3v) is 9.82. The van der Waals surface area contributed by atoms with Gasteiger partial charge in [-0.15, -0.1) is 11.6 Å². The van der Waals surface area contributed by atoms with Crippen LogP contribution in [0.25, 0.3) is 0 Å². The number of alkyl halides is 1. The molecule has 44 heavy (non-hydrogen) atoms. The van der Waals surface area contributed by atoms with Crippen molar-refractivity contribution in [2.45, 2.75) is 108 Å². The Kier molecular flexibility index (Phi) is 9.32. The molecule has 1 saturated carbocycles. The quantitative estimate of drug-likeness (QED) is 0.196. The van der Waals surface area contributed by atoms with Crippen LogP contribution in [0.5, 0.6) is 0 Å². The predicted molar refractivity (Wildman–Crippen MR) is 153 cm³/mol. The number of fused-ring (bicyclic) bond motifs is 3. The van der Waals surface area contributed by atoms with Crippen molar-refractivity contribution in [3.05, 3.63) is 24.3 Å². The summed E-state index contributed by atoms with van der Waals surface area (Å²) in [7, 11) is 0. The molecular weight excluding hydrogens is 600 g/mol. The number of hydrogen-bond acceptors (Lipinski definition) is 12. The lowest BCUT2D eigenvalue weighted by Gasteiger charge is -2.57. The Morgan fingerprint density at radius 2 is 1.66 bits per heavy atom. The molecule has 0 unspecified atom stereocenters. The Labute approximate surface area is 261 Å². The van der Waals surface area contributed by atoms with E-state index in [9.17, 15) is 29.1 Å². The van der Waals surface area contributed by atoms with Crippen molar-refractivity contribution in [3.8, 4) is 0 Å². The summed E-state index contributed by atoms with van der Waals surface area (Å²) in [6.07, 6.45) is -3.46. The molecule has 13 heteroatoms. The molecule has 0 amide bonds. The van der Waals surface area contributed by atoms with Crippen molar-refractivity contribution in [2.75, 3.05) is 6.61 Å². The van der Waals surface area contributed by atoms with Crippen LogP contribution in [0.4, 0.5) is 0 Å². The van der Waals surface area contributed by atoms with Crippen LogP contribution in [0.3, 0.4) is 0 Å². The van der Waals surface area contributed by atoms with Gasteiger partial charge in [0.05, 0.1) is 23.3 Å². The summed E-state index contributed by atoms with van der Waals surface area (Å²) in [6, 6.07) is 0. The second-order valence-electron chi connectivity index (χ2n) is 12.9. The number of carbonyl (C=O) groups excluding carboxylic acids is 5. The van der Waals surface area contributed by atoms with Crippen molar-refractivity contribution in [1.29, 1.82) is 0 Å². The van der Waals surface area contributed by atoms with Gasteiger partial charge in [0.1, 0.15) is 30.0 Å². The van der Waals surface area contributed by atoms with Gasteiger partial charge in [-0.2, -0.15) is 0 Å². The zero-order valence-electron chi connectivity index (χ0n) is 26.0. The molecule has 4 aliphatic rings. The molecule has 1 spiro atoms. The number of ether oxygens (including phenoxy) is 6. The minimum atomic E-state index is -2.29. The Morgan fingerprint density at radius 3 is 2.18 bits per heavy atom. The van der Waals surface area contributed by atoms with Crippen LogP contribution in [0, 0.1) is 23.2 Å². The van der Waals surface area contributed by atoms with Gasteiger partial charge in [-0.05, 0) is 24.5 Å². The molecule has 2 aliphatic carbocycles. The van der Waals surface area contributed by atoms with Gasteiger partial charge in [0.2, 0.25) is 0 Å².